The maximum absolute atomic E-state index is 12.8. The highest BCUT2D eigenvalue weighted by atomic mass is 32.2. The molecule has 0 fully saturated rings. The molecule has 0 unspecified atom stereocenters. The number of carboxylic acid groups (broad SMARTS) is 1. The van der Waals surface area contributed by atoms with Crippen LogP contribution in [0, 0.1) is 5.41 Å². The minimum atomic E-state index is -1.02. The number of benzene rings is 1. The van der Waals surface area contributed by atoms with Gasteiger partial charge in [-0.25, -0.2) is 4.98 Å². The van der Waals surface area contributed by atoms with Crippen LogP contribution in [-0.4, -0.2) is 35.0 Å². The molecule has 0 aliphatic heterocycles. The second-order valence-electron chi connectivity index (χ2n) is 6.55. The molecule has 2 aromatic rings. The van der Waals surface area contributed by atoms with Crippen molar-refractivity contribution in [3.8, 4) is 0 Å². The number of nitrogens with zero attached hydrogens (tertiary/aromatic N) is 1. The molecule has 2 rings (SSSR count). The number of nitrogens with one attached hydrogen (secondary N) is 1. The number of hydrogen-bond acceptors (Lipinski definition) is 7. The summed E-state index contributed by atoms with van der Waals surface area (Å²) in [5.41, 5.74) is 0.120. The van der Waals surface area contributed by atoms with Crippen LogP contribution in [0.4, 0.5) is 0 Å². The fraction of sp³-hybridized carbons (Fsp3) is 0.474. The second kappa shape index (κ2) is 9.88. The SMILES string of the molecule is CCCC(CCC)(CC(=O)O)C(=O)OSc1nc2cc(C(=O)NC)ccc2s1. The number of thiazole rings is 1. The highest BCUT2D eigenvalue weighted by molar-refractivity contribution is 7.97. The standard InChI is InChI=1S/C19H24N2O5S2/c1-4-8-19(9-5-2,11-15(22)23)17(25)26-28-18-21-13-10-12(16(24)20-3)6-7-14(13)27-18/h6-7,10H,4-5,8-9,11H2,1-3H3,(H,20,24)(H,22,23). The van der Waals surface area contributed by atoms with Crippen molar-refractivity contribution in [2.45, 2.75) is 50.3 Å². The van der Waals surface area contributed by atoms with Crippen LogP contribution in [0.3, 0.4) is 0 Å². The quantitative estimate of drug-likeness (QED) is 0.549. The van der Waals surface area contributed by atoms with E-state index in [1.807, 2.05) is 13.8 Å². The molecule has 1 aromatic carbocycles. The van der Waals surface area contributed by atoms with Crippen LogP contribution in [0.2, 0.25) is 0 Å². The number of carboxylic acids is 1. The molecule has 1 heterocycles. The van der Waals surface area contributed by atoms with Gasteiger partial charge in [-0.1, -0.05) is 26.7 Å². The summed E-state index contributed by atoms with van der Waals surface area (Å²) in [7, 11) is 1.56. The predicted octanol–water partition coefficient (Wildman–Crippen LogP) is 4.27. The van der Waals surface area contributed by atoms with Crippen molar-refractivity contribution >= 4 is 51.4 Å². The Balaban J connectivity index is 2.17. The zero-order chi connectivity index (χ0) is 20.7. The molecule has 0 bridgehead atoms. The van der Waals surface area contributed by atoms with Crippen LogP contribution in [0.25, 0.3) is 10.2 Å². The number of carbonyl (C=O) groups is 3. The average Bonchev–Trinajstić information content (AvgIpc) is 3.07. The molecule has 152 valence electrons. The number of aliphatic carboxylic acids is 1. The summed E-state index contributed by atoms with van der Waals surface area (Å²) in [6, 6.07) is 5.19. The van der Waals surface area contributed by atoms with E-state index in [0.29, 0.717) is 41.1 Å². The first kappa shape index (κ1) is 22.2. The molecule has 0 saturated heterocycles. The molecule has 2 N–H and O–H groups in total. The molecule has 0 aliphatic rings. The van der Waals surface area contributed by atoms with Gasteiger partial charge in [0.1, 0.15) is 12.0 Å². The molecule has 1 amide bonds. The lowest BCUT2D eigenvalue weighted by Crippen LogP contribution is -2.34. The number of rotatable bonds is 10. The van der Waals surface area contributed by atoms with E-state index in [4.69, 9.17) is 4.18 Å². The molecule has 0 radical (unpaired) electrons. The zero-order valence-electron chi connectivity index (χ0n) is 16.1. The molecule has 0 atom stereocenters. The smallest absolute Gasteiger partial charge is 0.325 e. The van der Waals surface area contributed by atoms with Crippen molar-refractivity contribution in [1.29, 1.82) is 0 Å². The lowest BCUT2D eigenvalue weighted by atomic mass is 9.76. The van der Waals surface area contributed by atoms with Crippen LogP contribution in [-0.2, 0) is 13.8 Å². The van der Waals surface area contributed by atoms with E-state index in [0.717, 1.165) is 16.7 Å². The van der Waals surface area contributed by atoms with Gasteiger partial charge in [-0.05, 0) is 31.0 Å². The Bertz CT molecular complexity index is 859. The Kier molecular flexibility index (Phi) is 7.82. The number of aromatic nitrogens is 1. The van der Waals surface area contributed by atoms with Crippen molar-refractivity contribution in [3.63, 3.8) is 0 Å². The Labute approximate surface area is 172 Å². The Morgan fingerprint density at radius 3 is 2.50 bits per heavy atom. The Hall–Kier alpha value is -2.13. The van der Waals surface area contributed by atoms with Gasteiger partial charge in [0.05, 0.1) is 22.1 Å². The molecular formula is C19H24N2O5S2. The third-order valence-electron chi connectivity index (χ3n) is 4.43. The molecule has 1 aromatic heterocycles. The van der Waals surface area contributed by atoms with E-state index < -0.39 is 17.4 Å². The van der Waals surface area contributed by atoms with Gasteiger partial charge < -0.3 is 14.6 Å². The van der Waals surface area contributed by atoms with Crippen molar-refractivity contribution in [1.82, 2.24) is 10.3 Å². The van der Waals surface area contributed by atoms with Crippen LogP contribution >= 0.6 is 23.4 Å². The van der Waals surface area contributed by atoms with Gasteiger partial charge in [0.2, 0.25) is 0 Å². The summed E-state index contributed by atoms with van der Waals surface area (Å²) in [4.78, 5) is 40.2. The lowest BCUT2D eigenvalue weighted by Gasteiger charge is -2.28. The number of amides is 1. The van der Waals surface area contributed by atoms with Gasteiger partial charge in [0.15, 0.2) is 4.34 Å². The van der Waals surface area contributed by atoms with Gasteiger partial charge in [0.25, 0.3) is 5.91 Å². The summed E-state index contributed by atoms with van der Waals surface area (Å²) in [5, 5.41) is 11.8. The normalized spacial score (nSPS) is 11.4. The maximum atomic E-state index is 12.8. The summed E-state index contributed by atoms with van der Waals surface area (Å²) in [5.74, 6) is -1.73. The van der Waals surface area contributed by atoms with Crippen LogP contribution in [0.5, 0.6) is 0 Å². The van der Waals surface area contributed by atoms with E-state index >= 15 is 0 Å². The van der Waals surface area contributed by atoms with Gasteiger partial charge in [-0.2, -0.15) is 0 Å². The van der Waals surface area contributed by atoms with Crippen molar-refractivity contribution < 1.29 is 23.7 Å². The molecular weight excluding hydrogens is 400 g/mol. The fourth-order valence-corrected chi connectivity index (χ4v) is 4.86. The van der Waals surface area contributed by atoms with E-state index in [1.54, 1.807) is 25.2 Å². The van der Waals surface area contributed by atoms with E-state index in [1.165, 1.54) is 11.3 Å². The van der Waals surface area contributed by atoms with Gasteiger partial charge in [-0.15, -0.1) is 11.3 Å². The Morgan fingerprint density at radius 2 is 1.93 bits per heavy atom. The fourth-order valence-electron chi connectivity index (χ4n) is 3.21. The topological polar surface area (TPSA) is 106 Å². The van der Waals surface area contributed by atoms with E-state index in [2.05, 4.69) is 10.3 Å². The van der Waals surface area contributed by atoms with Gasteiger partial charge in [0, 0.05) is 12.6 Å². The number of fused-ring (bicyclic) bond motifs is 1. The first-order valence-electron chi connectivity index (χ1n) is 9.08. The van der Waals surface area contributed by atoms with Crippen molar-refractivity contribution in [3.05, 3.63) is 23.8 Å². The highest BCUT2D eigenvalue weighted by Gasteiger charge is 2.41. The van der Waals surface area contributed by atoms with Gasteiger partial charge in [-0.3, -0.25) is 14.4 Å². The maximum Gasteiger partial charge on any atom is 0.325 e. The monoisotopic (exact) mass is 424 g/mol. The molecule has 9 heteroatoms. The van der Waals surface area contributed by atoms with Crippen molar-refractivity contribution in [2.75, 3.05) is 7.05 Å². The molecule has 0 saturated carbocycles. The third kappa shape index (κ3) is 5.23. The predicted molar refractivity (Wildman–Crippen MR) is 109 cm³/mol. The minimum Gasteiger partial charge on any atom is -0.481 e. The highest BCUT2D eigenvalue weighted by Crippen LogP contribution is 2.38. The number of hydrogen-bond donors (Lipinski definition) is 2. The number of carbonyl (C=O) groups excluding carboxylic acids is 2. The van der Waals surface area contributed by atoms with Gasteiger partial charge >= 0.3 is 11.9 Å². The first-order chi connectivity index (χ1) is 13.3. The third-order valence-corrected chi connectivity index (χ3v) is 6.18. The molecule has 7 nitrogen and oxygen atoms in total. The van der Waals surface area contributed by atoms with E-state index in [9.17, 15) is 19.5 Å². The largest absolute Gasteiger partial charge is 0.481 e. The molecule has 0 spiro atoms. The zero-order valence-corrected chi connectivity index (χ0v) is 17.7. The minimum absolute atomic E-state index is 0.201. The van der Waals surface area contributed by atoms with Crippen LogP contribution < -0.4 is 5.32 Å². The summed E-state index contributed by atoms with van der Waals surface area (Å²) >= 11 is 2.19. The van der Waals surface area contributed by atoms with Crippen LogP contribution in [0.1, 0.15) is 56.3 Å². The lowest BCUT2D eigenvalue weighted by molar-refractivity contribution is -0.153. The molecule has 0 aliphatic carbocycles. The van der Waals surface area contributed by atoms with Crippen LogP contribution in [0.15, 0.2) is 22.5 Å². The van der Waals surface area contributed by atoms with E-state index in [-0.39, 0.29) is 12.3 Å². The van der Waals surface area contributed by atoms with Crippen molar-refractivity contribution in [2.24, 2.45) is 5.41 Å². The second-order valence-corrected chi connectivity index (χ2v) is 8.56. The first-order valence-corrected chi connectivity index (χ1v) is 10.6. The average molecular weight is 425 g/mol. The summed E-state index contributed by atoms with van der Waals surface area (Å²) in [6.45, 7) is 3.84. The Morgan fingerprint density at radius 1 is 1.25 bits per heavy atom. The summed E-state index contributed by atoms with van der Waals surface area (Å²) in [6.07, 6.45) is 2.06. The summed E-state index contributed by atoms with van der Waals surface area (Å²) < 4.78 is 6.80. The molecule has 28 heavy (non-hydrogen) atoms.